The summed E-state index contributed by atoms with van der Waals surface area (Å²) in [6.07, 6.45) is 0. The molecule has 3 heterocycles. The van der Waals surface area contributed by atoms with Crippen LogP contribution in [0.1, 0.15) is 0 Å². The first kappa shape index (κ1) is 32.4. The van der Waals surface area contributed by atoms with Crippen LogP contribution < -0.4 is 0 Å². The van der Waals surface area contributed by atoms with Crippen molar-refractivity contribution in [2.75, 3.05) is 0 Å². The van der Waals surface area contributed by atoms with Crippen molar-refractivity contribution in [3.8, 4) is 56.4 Å². The van der Waals surface area contributed by atoms with Crippen molar-refractivity contribution in [1.82, 2.24) is 15.0 Å². The fourth-order valence-corrected chi connectivity index (χ4v) is 8.55. The summed E-state index contributed by atoms with van der Waals surface area (Å²) in [5.74, 6) is 1.78. The van der Waals surface area contributed by atoms with E-state index in [1.807, 2.05) is 30.3 Å². The predicted octanol–water partition coefficient (Wildman–Crippen LogP) is 14.3. The average Bonchev–Trinajstić information content (AvgIpc) is 3.86. The van der Waals surface area contributed by atoms with E-state index in [-0.39, 0.29) is 0 Å². The summed E-state index contributed by atoms with van der Waals surface area (Å²) in [6, 6.07) is 65.2. The maximum Gasteiger partial charge on any atom is 0.164 e. The molecule has 3 aromatic heterocycles. The van der Waals surface area contributed by atoms with Crippen molar-refractivity contribution >= 4 is 65.4 Å². The lowest BCUT2D eigenvalue weighted by Crippen LogP contribution is -2.00. The first-order chi connectivity index (χ1) is 28.7. The number of para-hydroxylation sites is 1. The molecule has 5 heteroatoms. The number of rotatable bonds is 5. The SMILES string of the molecule is c1ccc(-c2ccc3oc4cccc(-c5cccc6c(-c7nc(-c8ccc9ccccc9c8)nc(-c8ccc9c(c8)oc8ccccc89)n7)cccc56)c4c3c2)cc1. The predicted molar refractivity (Wildman–Crippen MR) is 237 cm³/mol. The van der Waals surface area contributed by atoms with Crippen LogP contribution in [-0.4, -0.2) is 15.0 Å². The van der Waals surface area contributed by atoms with Gasteiger partial charge in [-0.1, -0.05) is 146 Å². The smallest absolute Gasteiger partial charge is 0.164 e. The minimum Gasteiger partial charge on any atom is -0.456 e. The van der Waals surface area contributed by atoms with E-state index in [0.29, 0.717) is 17.5 Å². The summed E-state index contributed by atoms with van der Waals surface area (Å²) in [4.78, 5) is 15.6. The van der Waals surface area contributed by atoms with Gasteiger partial charge >= 0.3 is 0 Å². The second-order valence-corrected chi connectivity index (χ2v) is 14.7. The maximum absolute atomic E-state index is 6.46. The third-order valence-electron chi connectivity index (χ3n) is 11.3. The molecular weight excluding hydrogens is 711 g/mol. The molecular formula is C53H31N3O2. The minimum absolute atomic E-state index is 0.576. The molecule has 0 aliphatic carbocycles. The van der Waals surface area contributed by atoms with Gasteiger partial charge in [0.1, 0.15) is 22.3 Å². The number of aromatic nitrogens is 3. The Hall–Kier alpha value is -7.89. The Morgan fingerprint density at radius 1 is 0.276 bits per heavy atom. The quantitative estimate of drug-likeness (QED) is 0.176. The van der Waals surface area contributed by atoms with Crippen LogP contribution in [-0.2, 0) is 0 Å². The van der Waals surface area contributed by atoms with E-state index in [9.17, 15) is 0 Å². The van der Waals surface area contributed by atoms with Crippen LogP contribution in [0.2, 0.25) is 0 Å². The van der Waals surface area contributed by atoms with Gasteiger partial charge in [0, 0.05) is 38.2 Å². The molecule has 0 saturated heterocycles. The number of hydrogen-bond donors (Lipinski definition) is 0. The Labute approximate surface area is 332 Å². The van der Waals surface area contributed by atoms with Crippen molar-refractivity contribution in [3.63, 3.8) is 0 Å². The zero-order valence-corrected chi connectivity index (χ0v) is 31.1. The molecule has 0 aliphatic rings. The van der Waals surface area contributed by atoms with Crippen LogP contribution >= 0.6 is 0 Å². The van der Waals surface area contributed by atoms with Crippen molar-refractivity contribution in [3.05, 3.63) is 188 Å². The number of fused-ring (bicyclic) bond motifs is 8. The first-order valence-electron chi connectivity index (χ1n) is 19.4. The summed E-state index contributed by atoms with van der Waals surface area (Å²) < 4.78 is 12.8. The highest BCUT2D eigenvalue weighted by Gasteiger charge is 2.19. The molecule has 0 atom stereocenters. The van der Waals surface area contributed by atoms with Crippen LogP contribution in [0.15, 0.2) is 197 Å². The molecule has 58 heavy (non-hydrogen) atoms. The summed E-state index contributed by atoms with van der Waals surface area (Å²) in [7, 11) is 0. The zero-order valence-electron chi connectivity index (χ0n) is 31.1. The lowest BCUT2D eigenvalue weighted by Gasteiger charge is -2.13. The molecule has 0 bridgehead atoms. The normalized spacial score (nSPS) is 11.8. The van der Waals surface area contributed by atoms with Crippen molar-refractivity contribution in [2.45, 2.75) is 0 Å². The molecule has 0 saturated carbocycles. The molecule has 0 fully saturated rings. The maximum atomic E-state index is 6.46. The second-order valence-electron chi connectivity index (χ2n) is 14.7. The van der Waals surface area contributed by atoms with E-state index >= 15 is 0 Å². The highest BCUT2D eigenvalue weighted by molar-refractivity contribution is 6.17. The van der Waals surface area contributed by atoms with E-state index in [1.165, 1.54) is 5.56 Å². The van der Waals surface area contributed by atoms with Gasteiger partial charge in [-0.15, -0.1) is 0 Å². The third-order valence-corrected chi connectivity index (χ3v) is 11.3. The molecule has 9 aromatic carbocycles. The summed E-state index contributed by atoms with van der Waals surface area (Å²) in [5.41, 5.74) is 10.6. The molecule has 12 aromatic rings. The van der Waals surface area contributed by atoms with E-state index in [1.54, 1.807) is 0 Å². The van der Waals surface area contributed by atoms with Crippen LogP contribution in [0.4, 0.5) is 0 Å². The topological polar surface area (TPSA) is 65.0 Å². The van der Waals surface area contributed by atoms with E-state index in [4.69, 9.17) is 23.8 Å². The van der Waals surface area contributed by atoms with Gasteiger partial charge < -0.3 is 8.83 Å². The van der Waals surface area contributed by atoms with Gasteiger partial charge in [0.25, 0.3) is 0 Å². The molecule has 0 unspecified atom stereocenters. The minimum atomic E-state index is 0.576. The van der Waals surface area contributed by atoms with Gasteiger partial charge in [-0.25, -0.2) is 15.0 Å². The van der Waals surface area contributed by atoms with Gasteiger partial charge in [-0.3, -0.25) is 0 Å². The molecule has 5 nitrogen and oxygen atoms in total. The number of furan rings is 2. The monoisotopic (exact) mass is 741 g/mol. The summed E-state index contributed by atoms with van der Waals surface area (Å²) in [6.45, 7) is 0. The Morgan fingerprint density at radius 2 is 0.862 bits per heavy atom. The largest absolute Gasteiger partial charge is 0.456 e. The van der Waals surface area contributed by atoms with Crippen LogP contribution in [0, 0.1) is 0 Å². The van der Waals surface area contributed by atoms with Crippen molar-refractivity contribution in [1.29, 1.82) is 0 Å². The van der Waals surface area contributed by atoms with Crippen LogP contribution in [0.3, 0.4) is 0 Å². The standard InChI is InChI=1S/C53H31N3O2/c1-2-11-32(12-3-1)35-26-28-47-45(30-35)50-43(19-10-22-48(50)57-47)39-17-8-18-40-38(39)16-9-20-44(40)53-55-51(36-24-23-33-13-4-5-14-34(33)29-36)54-52(56-53)37-25-27-42-41-15-6-7-21-46(41)58-49(42)31-37/h1-31H. The molecule has 0 radical (unpaired) electrons. The Kier molecular flexibility index (Phi) is 7.16. The fraction of sp³-hybridized carbons (Fsp3) is 0. The zero-order chi connectivity index (χ0) is 38.2. The summed E-state index contributed by atoms with van der Waals surface area (Å²) >= 11 is 0. The van der Waals surface area contributed by atoms with Gasteiger partial charge in [0.05, 0.1) is 0 Å². The number of hydrogen-bond acceptors (Lipinski definition) is 5. The highest BCUT2D eigenvalue weighted by atomic mass is 16.3. The fourth-order valence-electron chi connectivity index (χ4n) is 8.55. The van der Waals surface area contributed by atoms with E-state index < -0.39 is 0 Å². The second kappa shape index (κ2) is 12.8. The highest BCUT2D eigenvalue weighted by Crippen LogP contribution is 2.42. The first-order valence-corrected chi connectivity index (χ1v) is 19.4. The van der Waals surface area contributed by atoms with Crippen LogP contribution in [0.25, 0.3) is 122 Å². The van der Waals surface area contributed by atoms with Gasteiger partial charge in [-0.2, -0.15) is 0 Å². The van der Waals surface area contributed by atoms with Crippen molar-refractivity contribution < 1.29 is 8.83 Å². The Balaban J connectivity index is 1.06. The lowest BCUT2D eigenvalue weighted by molar-refractivity contribution is 0.668. The molecule has 0 aliphatic heterocycles. The van der Waals surface area contributed by atoms with Gasteiger partial charge in [0.2, 0.25) is 0 Å². The summed E-state index contributed by atoms with van der Waals surface area (Å²) in [5, 5.41) is 8.75. The van der Waals surface area contributed by atoms with Gasteiger partial charge in [0.15, 0.2) is 17.5 Å². The average molecular weight is 742 g/mol. The van der Waals surface area contributed by atoms with Gasteiger partial charge in [-0.05, 0) is 86.3 Å². The lowest BCUT2D eigenvalue weighted by atomic mass is 9.92. The van der Waals surface area contributed by atoms with Crippen LogP contribution in [0.5, 0.6) is 0 Å². The van der Waals surface area contributed by atoms with E-state index in [2.05, 4.69) is 158 Å². The molecule has 270 valence electrons. The molecule has 12 rings (SSSR count). The molecule has 0 N–H and O–H groups in total. The Bertz CT molecular complexity index is 3580. The number of nitrogens with zero attached hydrogens (tertiary/aromatic N) is 3. The third kappa shape index (κ3) is 5.21. The van der Waals surface area contributed by atoms with Crippen molar-refractivity contribution in [2.24, 2.45) is 0 Å². The molecule has 0 spiro atoms. The van der Waals surface area contributed by atoms with E-state index in [0.717, 1.165) is 98.8 Å². The Morgan fingerprint density at radius 3 is 1.74 bits per heavy atom. The number of benzene rings is 9. The molecule has 0 amide bonds.